The molecule has 0 saturated heterocycles. The van der Waals surface area contributed by atoms with Crippen molar-refractivity contribution < 1.29 is 19.0 Å². The van der Waals surface area contributed by atoms with Crippen molar-refractivity contribution in [2.45, 2.75) is 26.8 Å². The standard InChI is InChI=1S/C29H29N5O5/c1-5-34-16-21(28(36)39-6-2)25(35)24-20(14-19-15-32-29(31)33-27(19)30)17(12-13-22(24)34)10-11-18-8-7-9-23(37-3)26(18)38-4/h7-9,12-13,15-16H,5-6,14H2,1-4H3,(H4,30,31,32,33). The van der Waals surface area contributed by atoms with Crippen molar-refractivity contribution in [3.05, 3.63) is 80.8 Å². The molecule has 0 aliphatic rings. The van der Waals surface area contributed by atoms with E-state index >= 15 is 0 Å². The Kier molecular flexibility index (Phi) is 8.01. The first-order valence-electron chi connectivity index (χ1n) is 12.3. The lowest BCUT2D eigenvalue weighted by Crippen LogP contribution is -2.22. The average Bonchev–Trinajstić information content (AvgIpc) is 2.93. The maximum atomic E-state index is 13.8. The fourth-order valence-electron chi connectivity index (χ4n) is 4.34. The molecule has 4 rings (SSSR count). The van der Waals surface area contributed by atoms with E-state index in [0.717, 1.165) is 0 Å². The van der Waals surface area contributed by atoms with E-state index in [9.17, 15) is 9.59 Å². The van der Waals surface area contributed by atoms with E-state index in [-0.39, 0.29) is 30.4 Å². The minimum atomic E-state index is -0.689. The summed E-state index contributed by atoms with van der Waals surface area (Å²) >= 11 is 0. The van der Waals surface area contributed by atoms with Crippen LogP contribution in [0.4, 0.5) is 11.8 Å². The zero-order chi connectivity index (χ0) is 28.1. The van der Waals surface area contributed by atoms with Gasteiger partial charge in [0.2, 0.25) is 11.4 Å². The molecule has 0 bridgehead atoms. The smallest absolute Gasteiger partial charge is 0.343 e. The summed E-state index contributed by atoms with van der Waals surface area (Å²) in [6.07, 6.45) is 3.22. The highest BCUT2D eigenvalue weighted by Gasteiger charge is 2.21. The summed E-state index contributed by atoms with van der Waals surface area (Å²) in [5.41, 5.74) is 14.3. The molecular formula is C29H29N5O5. The Morgan fingerprint density at radius 1 is 1.05 bits per heavy atom. The third kappa shape index (κ3) is 5.33. The van der Waals surface area contributed by atoms with Gasteiger partial charge in [-0.05, 0) is 43.7 Å². The average molecular weight is 528 g/mol. The molecule has 2 aromatic carbocycles. The molecule has 39 heavy (non-hydrogen) atoms. The largest absolute Gasteiger partial charge is 0.493 e. The molecule has 0 fully saturated rings. The summed E-state index contributed by atoms with van der Waals surface area (Å²) in [6, 6.07) is 9.05. The number of fused-ring (bicyclic) bond motifs is 1. The Balaban J connectivity index is 2.03. The van der Waals surface area contributed by atoms with Crippen LogP contribution in [0.2, 0.25) is 0 Å². The molecule has 0 spiro atoms. The second-order valence-corrected chi connectivity index (χ2v) is 8.47. The van der Waals surface area contributed by atoms with Crippen LogP contribution in [-0.4, -0.2) is 41.3 Å². The Hall–Kier alpha value is -5.04. The van der Waals surface area contributed by atoms with Gasteiger partial charge in [-0.2, -0.15) is 4.98 Å². The number of carbonyl (C=O) groups excluding carboxylic acids is 1. The number of nitrogens with two attached hydrogens (primary N) is 2. The molecule has 4 N–H and O–H groups in total. The molecule has 0 saturated carbocycles. The number of methoxy groups -OCH3 is 2. The molecule has 200 valence electrons. The van der Waals surface area contributed by atoms with Crippen LogP contribution in [0.5, 0.6) is 11.5 Å². The molecule has 0 amide bonds. The van der Waals surface area contributed by atoms with Gasteiger partial charge in [0, 0.05) is 36.5 Å². The normalized spacial score (nSPS) is 10.6. The maximum Gasteiger partial charge on any atom is 0.343 e. The molecule has 0 radical (unpaired) electrons. The van der Waals surface area contributed by atoms with Crippen LogP contribution in [0, 0.1) is 11.8 Å². The highest BCUT2D eigenvalue weighted by molar-refractivity contribution is 5.95. The summed E-state index contributed by atoms with van der Waals surface area (Å²) in [5, 5.41) is 0.336. The molecule has 2 aromatic heterocycles. The number of rotatable bonds is 7. The van der Waals surface area contributed by atoms with Gasteiger partial charge < -0.3 is 30.2 Å². The van der Waals surface area contributed by atoms with Gasteiger partial charge in [0.1, 0.15) is 11.4 Å². The summed E-state index contributed by atoms with van der Waals surface area (Å²) in [6.45, 7) is 4.27. The van der Waals surface area contributed by atoms with Crippen LogP contribution in [0.3, 0.4) is 0 Å². The molecule has 0 atom stereocenters. The van der Waals surface area contributed by atoms with Crippen LogP contribution in [0.15, 0.2) is 47.5 Å². The summed E-state index contributed by atoms with van der Waals surface area (Å²) in [4.78, 5) is 34.6. The molecule has 4 aromatic rings. The number of para-hydroxylation sites is 1. The number of hydrogen-bond donors (Lipinski definition) is 2. The molecule has 10 heteroatoms. The SMILES string of the molecule is CCOC(=O)c1cn(CC)c2ccc(C#Cc3cccc(OC)c3OC)c(Cc3cnc(N)nc3N)c2c1=O. The predicted octanol–water partition coefficient (Wildman–Crippen LogP) is 3.16. The van der Waals surface area contributed by atoms with E-state index in [1.807, 2.05) is 35.8 Å². The van der Waals surface area contributed by atoms with Crippen molar-refractivity contribution in [3.8, 4) is 23.3 Å². The lowest BCUT2D eigenvalue weighted by atomic mass is 9.94. The molecule has 0 aliphatic carbocycles. The van der Waals surface area contributed by atoms with Crippen molar-refractivity contribution in [1.82, 2.24) is 14.5 Å². The van der Waals surface area contributed by atoms with Crippen molar-refractivity contribution in [1.29, 1.82) is 0 Å². The van der Waals surface area contributed by atoms with Gasteiger partial charge in [-0.1, -0.05) is 17.9 Å². The summed E-state index contributed by atoms with van der Waals surface area (Å²) in [5.74, 6) is 6.89. The first-order valence-corrected chi connectivity index (χ1v) is 12.3. The number of nitrogens with zero attached hydrogens (tertiary/aromatic N) is 3. The predicted molar refractivity (Wildman–Crippen MR) is 149 cm³/mol. The van der Waals surface area contributed by atoms with Crippen LogP contribution >= 0.6 is 0 Å². The Morgan fingerprint density at radius 3 is 2.49 bits per heavy atom. The minimum Gasteiger partial charge on any atom is -0.493 e. The topological polar surface area (TPSA) is 145 Å². The van der Waals surface area contributed by atoms with E-state index in [1.165, 1.54) is 12.4 Å². The summed E-state index contributed by atoms with van der Waals surface area (Å²) in [7, 11) is 3.09. The van der Waals surface area contributed by atoms with Gasteiger partial charge in [0.15, 0.2) is 11.5 Å². The molecule has 0 aliphatic heterocycles. The third-order valence-corrected chi connectivity index (χ3v) is 6.21. The number of ether oxygens (including phenoxy) is 3. The van der Waals surface area contributed by atoms with E-state index in [0.29, 0.717) is 51.2 Å². The third-order valence-electron chi connectivity index (χ3n) is 6.21. The second-order valence-electron chi connectivity index (χ2n) is 8.47. The van der Waals surface area contributed by atoms with E-state index < -0.39 is 11.4 Å². The Bertz CT molecular complexity index is 1680. The second kappa shape index (κ2) is 11.6. The number of aryl methyl sites for hydroxylation is 1. The fraction of sp³-hybridized carbons (Fsp3) is 0.241. The lowest BCUT2D eigenvalue weighted by Gasteiger charge is -2.16. The van der Waals surface area contributed by atoms with Gasteiger partial charge in [0.25, 0.3) is 0 Å². The Morgan fingerprint density at radius 2 is 1.82 bits per heavy atom. The fourth-order valence-corrected chi connectivity index (χ4v) is 4.34. The molecular weight excluding hydrogens is 498 g/mol. The van der Waals surface area contributed by atoms with Crippen molar-refractivity contribution in [3.63, 3.8) is 0 Å². The van der Waals surface area contributed by atoms with Crippen molar-refractivity contribution >= 4 is 28.6 Å². The zero-order valence-electron chi connectivity index (χ0n) is 22.2. The van der Waals surface area contributed by atoms with Gasteiger partial charge in [0.05, 0.1) is 37.3 Å². The molecule has 10 nitrogen and oxygen atoms in total. The number of pyridine rings is 1. The van der Waals surface area contributed by atoms with Gasteiger partial charge >= 0.3 is 5.97 Å². The zero-order valence-corrected chi connectivity index (χ0v) is 22.2. The quantitative estimate of drug-likeness (QED) is 0.273. The highest BCUT2D eigenvalue weighted by Crippen LogP contribution is 2.30. The number of carbonyl (C=O) groups is 1. The number of benzene rings is 2. The lowest BCUT2D eigenvalue weighted by molar-refractivity contribution is 0.0524. The number of hydrogen-bond acceptors (Lipinski definition) is 9. The first-order chi connectivity index (χ1) is 18.8. The molecule has 0 unspecified atom stereocenters. The van der Waals surface area contributed by atoms with Crippen LogP contribution in [0.25, 0.3) is 10.9 Å². The number of aromatic nitrogens is 3. The van der Waals surface area contributed by atoms with Gasteiger partial charge in [-0.15, -0.1) is 0 Å². The van der Waals surface area contributed by atoms with Crippen LogP contribution in [-0.2, 0) is 17.7 Å². The Labute approximate surface area is 225 Å². The number of nitrogen functional groups attached to an aromatic ring is 2. The highest BCUT2D eigenvalue weighted by atomic mass is 16.5. The van der Waals surface area contributed by atoms with Gasteiger partial charge in [-0.25, -0.2) is 9.78 Å². The van der Waals surface area contributed by atoms with E-state index in [4.69, 9.17) is 25.7 Å². The number of anilines is 2. The molecule has 2 heterocycles. The monoisotopic (exact) mass is 527 g/mol. The number of esters is 1. The van der Waals surface area contributed by atoms with Crippen LogP contribution in [0.1, 0.15) is 46.5 Å². The minimum absolute atomic E-state index is 0.0391. The summed E-state index contributed by atoms with van der Waals surface area (Å²) < 4.78 is 17.9. The van der Waals surface area contributed by atoms with E-state index in [2.05, 4.69) is 21.8 Å². The van der Waals surface area contributed by atoms with Crippen LogP contribution < -0.4 is 26.4 Å². The first kappa shape index (κ1) is 27.0. The maximum absolute atomic E-state index is 13.8. The van der Waals surface area contributed by atoms with E-state index in [1.54, 1.807) is 27.2 Å². The van der Waals surface area contributed by atoms with Gasteiger partial charge in [-0.3, -0.25) is 4.79 Å². The van der Waals surface area contributed by atoms with Crippen molar-refractivity contribution in [2.24, 2.45) is 0 Å². The van der Waals surface area contributed by atoms with Crippen molar-refractivity contribution in [2.75, 3.05) is 32.3 Å².